The average Bonchev–Trinajstić information content (AvgIpc) is 2.87. The van der Waals surface area contributed by atoms with Gasteiger partial charge in [-0.25, -0.2) is 4.68 Å². The number of nitrogens with one attached hydrogen (secondary N) is 1. The molecule has 0 atom stereocenters. The Hall–Kier alpha value is -2.55. The SMILES string of the molecule is Cc1ccc(-c2c(CC(C)C)[nH]n(-c3ccc(C)c(C)c3)c2=O)cc1. The minimum absolute atomic E-state index is 0.0164. The van der Waals surface area contributed by atoms with E-state index in [0.29, 0.717) is 5.92 Å². The highest BCUT2D eigenvalue weighted by atomic mass is 16.1. The molecule has 3 rings (SSSR count). The zero-order chi connectivity index (χ0) is 18.1. The Labute approximate surface area is 149 Å². The van der Waals surface area contributed by atoms with Gasteiger partial charge in [0.1, 0.15) is 0 Å². The summed E-state index contributed by atoms with van der Waals surface area (Å²) >= 11 is 0. The van der Waals surface area contributed by atoms with Crippen molar-refractivity contribution in [2.75, 3.05) is 0 Å². The molecular weight excluding hydrogens is 308 g/mol. The molecule has 2 aromatic carbocycles. The lowest BCUT2D eigenvalue weighted by molar-refractivity contribution is 0.628. The molecule has 130 valence electrons. The van der Waals surface area contributed by atoms with Crippen LogP contribution in [0.5, 0.6) is 0 Å². The summed E-state index contributed by atoms with van der Waals surface area (Å²) in [6, 6.07) is 14.3. The van der Waals surface area contributed by atoms with Gasteiger partial charge in [-0.15, -0.1) is 0 Å². The van der Waals surface area contributed by atoms with E-state index in [1.807, 2.05) is 18.2 Å². The molecule has 3 heteroatoms. The number of aryl methyl sites for hydroxylation is 3. The summed E-state index contributed by atoms with van der Waals surface area (Å²) in [7, 11) is 0. The predicted octanol–water partition coefficient (Wildman–Crippen LogP) is 4.96. The van der Waals surface area contributed by atoms with Crippen LogP contribution in [0.15, 0.2) is 47.3 Å². The summed E-state index contributed by atoms with van der Waals surface area (Å²) in [6.45, 7) is 10.6. The number of nitrogens with zero attached hydrogens (tertiary/aromatic N) is 1. The minimum atomic E-state index is 0.0164. The molecule has 0 amide bonds. The first-order valence-corrected chi connectivity index (χ1v) is 8.85. The zero-order valence-electron chi connectivity index (χ0n) is 15.7. The lowest BCUT2D eigenvalue weighted by Crippen LogP contribution is -2.15. The van der Waals surface area contributed by atoms with E-state index in [4.69, 9.17) is 0 Å². The second-order valence-corrected chi connectivity index (χ2v) is 7.34. The van der Waals surface area contributed by atoms with Gasteiger partial charge >= 0.3 is 0 Å². The largest absolute Gasteiger partial charge is 0.294 e. The van der Waals surface area contributed by atoms with E-state index in [-0.39, 0.29) is 5.56 Å². The fourth-order valence-corrected chi connectivity index (χ4v) is 3.10. The van der Waals surface area contributed by atoms with Gasteiger partial charge in [0.15, 0.2) is 0 Å². The zero-order valence-corrected chi connectivity index (χ0v) is 15.7. The summed E-state index contributed by atoms with van der Waals surface area (Å²) in [5.41, 5.74) is 7.27. The Bertz CT molecular complexity index is 943. The van der Waals surface area contributed by atoms with Crippen LogP contribution in [0.25, 0.3) is 16.8 Å². The molecule has 1 aromatic heterocycles. The first-order chi connectivity index (χ1) is 11.9. The van der Waals surface area contributed by atoms with Gasteiger partial charge < -0.3 is 0 Å². The Morgan fingerprint density at radius 3 is 2.24 bits per heavy atom. The van der Waals surface area contributed by atoms with Gasteiger partial charge in [0.2, 0.25) is 0 Å². The Morgan fingerprint density at radius 2 is 1.64 bits per heavy atom. The lowest BCUT2D eigenvalue weighted by Gasteiger charge is -2.06. The molecule has 0 aliphatic heterocycles. The topological polar surface area (TPSA) is 37.8 Å². The minimum Gasteiger partial charge on any atom is -0.294 e. The van der Waals surface area contributed by atoms with Crippen molar-refractivity contribution in [3.05, 3.63) is 75.2 Å². The first-order valence-electron chi connectivity index (χ1n) is 8.85. The van der Waals surface area contributed by atoms with Crippen LogP contribution in [-0.2, 0) is 6.42 Å². The summed E-state index contributed by atoms with van der Waals surface area (Å²) in [5.74, 6) is 0.468. The van der Waals surface area contributed by atoms with E-state index >= 15 is 0 Å². The van der Waals surface area contributed by atoms with E-state index in [0.717, 1.165) is 28.9 Å². The van der Waals surface area contributed by atoms with Crippen LogP contribution in [-0.4, -0.2) is 9.78 Å². The first kappa shape index (κ1) is 17.3. The summed E-state index contributed by atoms with van der Waals surface area (Å²) in [4.78, 5) is 13.2. The molecule has 0 saturated carbocycles. The van der Waals surface area contributed by atoms with Crippen LogP contribution in [0.1, 0.15) is 36.2 Å². The number of H-pyrrole nitrogens is 1. The maximum absolute atomic E-state index is 13.2. The van der Waals surface area contributed by atoms with E-state index < -0.39 is 0 Å². The van der Waals surface area contributed by atoms with E-state index in [1.165, 1.54) is 16.7 Å². The second kappa shape index (κ2) is 6.75. The fraction of sp³-hybridized carbons (Fsp3) is 0.318. The third kappa shape index (κ3) is 3.46. The third-order valence-electron chi connectivity index (χ3n) is 4.67. The van der Waals surface area contributed by atoms with Gasteiger partial charge in [-0.1, -0.05) is 49.7 Å². The lowest BCUT2D eigenvalue weighted by atomic mass is 9.99. The molecule has 0 radical (unpaired) electrons. The van der Waals surface area contributed by atoms with E-state index in [1.54, 1.807) is 4.68 Å². The van der Waals surface area contributed by atoms with Crippen LogP contribution in [0.2, 0.25) is 0 Å². The van der Waals surface area contributed by atoms with E-state index in [9.17, 15) is 4.79 Å². The van der Waals surface area contributed by atoms with Crippen molar-refractivity contribution < 1.29 is 0 Å². The standard InChI is InChI=1S/C22H26N2O/c1-14(2)12-20-21(18-9-6-15(3)7-10-18)22(25)24(23-20)19-11-8-16(4)17(5)13-19/h6-11,13-14,23H,12H2,1-5H3. The van der Waals surface area contributed by atoms with Crippen molar-refractivity contribution in [3.8, 4) is 16.8 Å². The smallest absolute Gasteiger partial charge is 0.279 e. The number of hydrogen-bond acceptors (Lipinski definition) is 1. The van der Waals surface area contributed by atoms with Crippen LogP contribution >= 0.6 is 0 Å². The molecular formula is C22H26N2O. The summed E-state index contributed by atoms with van der Waals surface area (Å²) in [6.07, 6.45) is 0.844. The number of rotatable bonds is 4. The highest BCUT2D eigenvalue weighted by Gasteiger charge is 2.18. The van der Waals surface area contributed by atoms with Gasteiger partial charge in [0, 0.05) is 5.69 Å². The Balaban J connectivity index is 2.19. The molecule has 0 spiro atoms. The maximum atomic E-state index is 13.2. The molecule has 0 saturated heterocycles. The van der Waals surface area contributed by atoms with Crippen molar-refractivity contribution in [3.63, 3.8) is 0 Å². The summed E-state index contributed by atoms with van der Waals surface area (Å²) in [5, 5.41) is 3.36. The number of hydrogen-bond donors (Lipinski definition) is 1. The van der Waals surface area contributed by atoms with Crippen molar-refractivity contribution in [2.24, 2.45) is 5.92 Å². The third-order valence-corrected chi connectivity index (χ3v) is 4.67. The van der Waals surface area contributed by atoms with Crippen molar-refractivity contribution in [1.29, 1.82) is 0 Å². The molecule has 0 fully saturated rings. The molecule has 0 aliphatic rings. The summed E-state index contributed by atoms with van der Waals surface area (Å²) < 4.78 is 1.68. The molecule has 3 nitrogen and oxygen atoms in total. The Morgan fingerprint density at radius 1 is 0.960 bits per heavy atom. The van der Waals surface area contributed by atoms with Gasteiger partial charge in [-0.05, 0) is 61.9 Å². The average molecular weight is 334 g/mol. The number of aromatic amines is 1. The van der Waals surface area contributed by atoms with Crippen molar-refractivity contribution in [1.82, 2.24) is 9.78 Å². The van der Waals surface area contributed by atoms with Crippen molar-refractivity contribution >= 4 is 0 Å². The van der Waals surface area contributed by atoms with E-state index in [2.05, 4.69) is 64.0 Å². The normalized spacial score (nSPS) is 11.3. The molecule has 0 unspecified atom stereocenters. The quantitative estimate of drug-likeness (QED) is 0.720. The van der Waals surface area contributed by atoms with Crippen molar-refractivity contribution in [2.45, 2.75) is 41.0 Å². The molecule has 0 aliphatic carbocycles. The number of aromatic nitrogens is 2. The number of benzene rings is 2. The maximum Gasteiger partial charge on any atom is 0.279 e. The highest BCUT2D eigenvalue weighted by molar-refractivity contribution is 5.66. The van der Waals surface area contributed by atoms with Crippen LogP contribution in [0.3, 0.4) is 0 Å². The van der Waals surface area contributed by atoms with Crippen LogP contribution < -0.4 is 5.56 Å². The molecule has 25 heavy (non-hydrogen) atoms. The van der Waals surface area contributed by atoms with Gasteiger partial charge in [0.25, 0.3) is 5.56 Å². The predicted molar refractivity (Wildman–Crippen MR) is 105 cm³/mol. The van der Waals surface area contributed by atoms with Gasteiger partial charge in [-0.2, -0.15) is 0 Å². The van der Waals surface area contributed by atoms with Crippen LogP contribution in [0, 0.1) is 26.7 Å². The van der Waals surface area contributed by atoms with Gasteiger partial charge in [0.05, 0.1) is 11.3 Å². The highest BCUT2D eigenvalue weighted by Crippen LogP contribution is 2.23. The van der Waals surface area contributed by atoms with Gasteiger partial charge in [-0.3, -0.25) is 9.89 Å². The molecule has 0 bridgehead atoms. The monoisotopic (exact) mass is 334 g/mol. The molecule has 1 heterocycles. The molecule has 3 aromatic rings. The Kier molecular flexibility index (Phi) is 4.67. The second-order valence-electron chi connectivity index (χ2n) is 7.34. The molecule has 1 N–H and O–H groups in total. The fourth-order valence-electron chi connectivity index (χ4n) is 3.10. The van der Waals surface area contributed by atoms with Crippen LogP contribution in [0.4, 0.5) is 0 Å².